The zero-order valence-corrected chi connectivity index (χ0v) is 10.7. The number of aliphatic hydroxyl groups is 1. The van der Waals surface area contributed by atoms with Gasteiger partial charge >= 0.3 is 0 Å². The van der Waals surface area contributed by atoms with Gasteiger partial charge in [0.25, 0.3) is 0 Å². The van der Waals surface area contributed by atoms with Gasteiger partial charge in [0.2, 0.25) is 0 Å². The van der Waals surface area contributed by atoms with E-state index in [0.29, 0.717) is 11.3 Å². The Labute approximate surface area is 107 Å². The van der Waals surface area contributed by atoms with Crippen LogP contribution in [-0.4, -0.2) is 14.9 Å². The van der Waals surface area contributed by atoms with Gasteiger partial charge in [0.05, 0.1) is 34.1 Å². The van der Waals surface area contributed by atoms with Crippen molar-refractivity contribution in [3.05, 3.63) is 46.2 Å². The van der Waals surface area contributed by atoms with Gasteiger partial charge in [-0.25, -0.2) is 4.68 Å². The Morgan fingerprint density at radius 2 is 2.29 bits per heavy atom. The van der Waals surface area contributed by atoms with E-state index < -0.39 is 6.10 Å². The van der Waals surface area contributed by atoms with Gasteiger partial charge in [-0.15, -0.1) is 0 Å². The van der Waals surface area contributed by atoms with Crippen LogP contribution in [-0.2, 0) is 0 Å². The smallest absolute Gasteiger partial charge is 0.0992 e. The number of nitriles is 1. The number of nitrogens with zero attached hydrogens (tertiary/aromatic N) is 3. The van der Waals surface area contributed by atoms with E-state index in [0.717, 1.165) is 10.0 Å². The van der Waals surface area contributed by atoms with Crippen LogP contribution in [0.2, 0.25) is 0 Å². The molecule has 0 aliphatic heterocycles. The lowest BCUT2D eigenvalue weighted by Gasteiger charge is -2.12. The maximum absolute atomic E-state index is 9.70. The van der Waals surface area contributed by atoms with E-state index in [1.807, 2.05) is 0 Å². The first-order valence-electron chi connectivity index (χ1n) is 5.04. The van der Waals surface area contributed by atoms with Crippen molar-refractivity contribution in [2.75, 3.05) is 0 Å². The molecule has 1 heterocycles. The Kier molecular flexibility index (Phi) is 3.27. The highest BCUT2D eigenvalue weighted by Crippen LogP contribution is 2.23. The number of hydrogen-bond donors (Lipinski definition) is 1. The van der Waals surface area contributed by atoms with E-state index in [1.54, 1.807) is 42.2 Å². The summed E-state index contributed by atoms with van der Waals surface area (Å²) < 4.78 is 2.48. The summed E-state index contributed by atoms with van der Waals surface area (Å²) in [6, 6.07) is 7.21. The van der Waals surface area contributed by atoms with E-state index in [1.165, 1.54) is 0 Å². The van der Waals surface area contributed by atoms with Crippen LogP contribution in [0.1, 0.15) is 24.2 Å². The Morgan fingerprint density at radius 1 is 1.53 bits per heavy atom. The minimum Gasteiger partial charge on any atom is -0.389 e. The van der Waals surface area contributed by atoms with Gasteiger partial charge in [0.15, 0.2) is 0 Å². The predicted octanol–water partition coefficient (Wildman–Crippen LogP) is 2.56. The highest BCUT2D eigenvalue weighted by atomic mass is 79.9. The van der Waals surface area contributed by atoms with Gasteiger partial charge < -0.3 is 5.11 Å². The molecule has 1 aromatic heterocycles. The monoisotopic (exact) mass is 291 g/mol. The fourth-order valence-corrected chi connectivity index (χ4v) is 1.88. The van der Waals surface area contributed by atoms with Gasteiger partial charge in [0.1, 0.15) is 0 Å². The normalized spacial score (nSPS) is 12.1. The molecule has 0 fully saturated rings. The van der Waals surface area contributed by atoms with Crippen LogP contribution >= 0.6 is 15.9 Å². The summed E-state index contributed by atoms with van der Waals surface area (Å²) in [7, 11) is 0. The van der Waals surface area contributed by atoms with Crippen LogP contribution < -0.4 is 0 Å². The Morgan fingerprint density at radius 3 is 2.82 bits per heavy atom. The summed E-state index contributed by atoms with van der Waals surface area (Å²) in [5.41, 5.74) is 1.99. The number of aliphatic hydroxyl groups excluding tert-OH is 1. The fraction of sp³-hybridized carbons (Fsp3) is 0.167. The van der Waals surface area contributed by atoms with Crippen molar-refractivity contribution in [3.8, 4) is 11.8 Å². The van der Waals surface area contributed by atoms with Crippen LogP contribution in [0.25, 0.3) is 5.69 Å². The summed E-state index contributed by atoms with van der Waals surface area (Å²) in [6.45, 7) is 1.68. The third-order valence-electron chi connectivity index (χ3n) is 2.41. The molecule has 4 nitrogen and oxygen atoms in total. The lowest BCUT2D eigenvalue weighted by molar-refractivity contribution is 0.199. The van der Waals surface area contributed by atoms with Crippen molar-refractivity contribution in [2.45, 2.75) is 13.0 Å². The molecule has 2 aromatic rings. The van der Waals surface area contributed by atoms with Crippen molar-refractivity contribution in [1.29, 1.82) is 5.26 Å². The molecule has 0 bridgehead atoms. The fourth-order valence-electron chi connectivity index (χ4n) is 1.60. The molecule has 0 radical (unpaired) electrons. The standard InChI is InChI=1S/C12H10BrN3O/c1-8(17)11-3-2-9(5-14)4-12(11)16-7-10(13)6-15-16/h2-4,6-8,17H,1H3/t8-/m1/s1. The van der Waals surface area contributed by atoms with E-state index in [9.17, 15) is 5.11 Å². The summed E-state index contributed by atoms with van der Waals surface area (Å²) in [5, 5.41) is 22.7. The Bertz CT molecular complexity index is 584. The van der Waals surface area contributed by atoms with Crippen LogP contribution in [0.15, 0.2) is 35.1 Å². The van der Waals surface area contributed by atoms with E-state index in [2.05, 4.69) is 27.1 Å². The molecule has 1 N–H and O–H groups in total. The molecule has 86 valence electrons. The number of aromatic nitrogens is 2. The number of halogens is 1. The second-order valence-electron chi connectivity index (χ2n) is 3.66. The van der Waals surface area contributed by atoms with Crippen molar-refractivity contribution in [1.82, 2.24) is 9.78 Å². The average molecular weight is 292 g/mol. The molecular formula is C12H10BrN3O. The van der Waals surface area contributed by atoms with Crippen molar-refractivity contribution in [3.63, 3.8) is 0 Å². The first kappa shape index (κ1) is 11.8. The Hall–Kier alpha value is -1.64. The first-order chi connectivity index (χ1) is 8.11. The summed E-state index contributed by atoms with van der Waals surface area (Å²) in [6.07, 6.45) is 2.83. The van der Waals surface area contributed by atoms with E-state index in [-0.39, 0.29) is 0 Å². The van der Waals surface area contributed by atoms with Gasteiger partial charge in [-0.1, -0.05) is 6.07 Å². The average Bonchev–Trinajstić information content (AvgIpc) is 2.75. The predicted molar refractivity (Wildman–Crippen MR) is 66.6 cm³/mol. The zero-order chi connectivity index (χ0) is 12.4. The minimum atomic E-state index is -0.610. The molecule has 0 aliphatic rings. The van der Waals surface area contributed by atoms with E-state index in [4.69, 9.17) is 5.26 Å². The molecular weight excluding hydrogens is 282 g/mol. The van der Waals surface area contributed by atoms with Crippen LogP contribution in [0.4, 0.5) is 0 Å². The molecule has 17 heavy (non-hydrogen) atoms. The molecule has 1 aromatic carbocycles. The van der Waals surface area contributed by atoms with Crippen molar-refractivity contribution < 1.29 is 5.11 Å². The molecule has 5 heteroatoms. The maximum Gasteiger partial charge on any atom is 0.0992 e. The topological polar surface area (TPSA) is 61.8 Å². The van der Waals surface area contributed by atoms with Crippen molar-refractivity contribution >= 4 is 15.9 Å². The Balaban J connectivity index is 2.61. The maximum atomic E-state index is 9.70. The van der Waals surface area contributed by atoms with Crippen LogP contribution in [0.3, 0.4) is 0 Å². The highest BCUT2D eigenvalue weighted by molar-refractivity contribution is 9.10. The van der Waals surface area contributed by atoms with E-state index >= 15 is 0 Å². The second kappa shape index (κ2) is 4.70. The molecule has 0 amide bonds. The quantitative estimate of drug-likeness (QED) is 0.925. The molecule has 2 rings (SSSR count). The van der Waals surface area contributed by atoms with Gasteiger partial charge in [-0.2, -0.15) is 10.4 Å². The molecule has 0 saturated heterocycles. The summed E-state index contributed by atoms with van der Waals surface area (Å²) in [4.78, 5) is 0. The molecule has 1 atom stereocenters. The second-order valence-corrected chi connectivity index (χ2v) is 4.58. The van der Waals surface area contributed by atoms with Gasteiger partial charge in [0, 0.05) is 11.8 Å². The molecule has 0 unspecified atom stereocenters. The third-order valence-corrected chi connectivity index (χ3v) is 2.82. The number of benzene rings is 1. The van der Waals surface area contributed by atoms with Crippen LogP contribution in [0.5, 0.6) is 0 Å². The number of rotatable bonds is 2. The van der Waals surface area contributed by atoms with Gasteiger partial charge in [-0.3, -0.25) is 0 Å². The van der Waals surface area contributed by atoms with Crippen LogP contribution in [0, 0.1) is 11.3 Å². The lowest BCUT2D eigenvalue weighted by Crippen LogP contribution is -2.03. The van der Waals surface area contributed by atoms with Gasteiger partial charge in [-0.05, 0) is 35.0 Å². The summed E-state index contributed by atoms with van der Waals surface area (Å²) >= 11 is 3.32. The first-order valence-corrected chi connectivity index (χ1v) is 5.84. The minimum absolute atomic E-state index is 0.538. The number of hydrogen-bond acceptors (Lipinski definition) is 3. The van der Waals surface area contributed by atoms with Crippen molar-refractivity contribution in [2.24, 2.45) is 0 Å². The lowest BCUT2D eigenvalue weighted by atomic mass is 10.1. The summed E-state index contributed by atoms with van der Waals surface area (Å²) in [5.74, 6) is 0. The molecule has 0 aliphatic carbocycles. The molecule has 0 saturated carbocycles. The highest BCUT2D eigenvalue weighted by Gasteiger charge is 2.11. The zero-order valence-electron chi connectivity index (χ0n) is 9.13. The molecule has 0 spiro atoms. The largest absolute Gasteiger partial charge is 0.389 e. The third kappa shape index (κ3) is 2.38. The SMILES string of the molecule is C[C@@H](O)c1ccc(C#N)cc1-n1cc(Br)cn1.